The third-order valence-electron chi connectivity index (χ3n) is 3.79. The molecule has 1 unspecified atom stereocenters. The molecule has 1 saturated heterocycles. The fourth-order valence-corrected chi connectivity index (χ4v) is 2.47. The van der Waals surface area contributed by atoms with Gasteiger partial charge in [0, 0.05) is 18.7 Å². The lowest BCUT2D eigenvalue weighted by Crippen LogP contribution is -2.31. The van der Waals surface area contributed by atoms with Crippen molar-refractivity contribution in [2.24, 2.45) is 11.3 Å². The van der Waals surface area contributed by atoms with E-state index in [1.54, 1.807) is 18.2 Å². The number of phenols is 1. The van der Waals surface area contributed by atoms with E-state index in [0.29, 0.717) is 11.5 Å². The molecule has 1 aliphatic rings. The van der Waals surface area contributed by atoms with E-state index in [4.69, 9.17) is 0 Å². The minimum absolute atomic E-state index is 0.0256. The minimum atomic E-state index is 0.0256. The predicted octanol–water partition coefficient (Wildman–Crippen LogP) is 2.90. The molecule has 3 nitrogen and oxygen atoms in total. The molecule has 0 radical (unpaired) electrons. The first kappa shape index (κ1) is 12.9. The van der Waals surface area contributed by atoms with Crippen LogP contribution in [-0.4, -0.2) is 29.0 Å². The van der Waals surface area contributed by atoms with E-state index in [1.165, 1.54) is 6.07 Å². The molecule has 1 heterocycles. The van der Waals surface area contributed by atoms with Crippen LogP contribution in [0.1, 0.15) is 37.6 Å². The largest absolute Gasteiger partial charge is 0.508 e. The van der Waals surface area contributed by atoms with Gasteiger partial charge in [-0.2, -0.15) is 0 Å². The lowest BCUT2D eigenvalue weighted by Gasteiger charge is -2.27. The number of benzene rings is 1. The smallest absolute Gasteiger partial charge is 0.253 e. The number of hydrogen-bond donors (Lipinski definition) is 1. The maximum atomic E-state index is 12.3. The van der Waals surface area contributed by atoms with Gasteiger partial charge in [0.1, 0.15) is 5.75 Å². The summed E-state index contributed by atoms with van der Waals surface area (Å²) in [5, 5.41) is 9.42. The molecule has 1 aliphatic heterocycles. The van der Waals surface area contributed by atoms with Crippen molar-refractivity contribution in [3.8, 4) is 5.75 Å². The Morgan fingerprint density at radius 3 is 2.67 bits per heavy atom. The summed E-state index contributed by atoms with van der Waals surface area (Å²) in [6.07, 6.45) is 1.06. The molecule has 1 fully saturated rings. The van der Waals surface area contributed by atoms with E-state index in [1.807, 2.05) is 4.90 Å². The average Bonchev–Trinajstić information content (AvgIpc) is 2.77. The summed E-state index contributed by atoms with van der Waals surface area (Å²) in [5.74, 6) is 0.726. The standard InChI is InChI=1S/C15H21NO2/c1-15(2,3)12-7-8-16(10-12)14(18)11-5-4-6-13(17)9-11/h4-6,9,12,17H,7-8,10H2,1-3H3. The first-order valence-electron chi connectivity index (χ1n) is 6.46. The summed E-state index contributed by atoms with van der Waals surface area (Å²) in [5.41, 5.74) is 0.818. The minimum Gasteiger partial charge on any atom is -0.508 e. The van der Waals surface area contributed by atoms with E-state index >= 15 is 0 Å². The van der Waals surface area contributed by atoms with Gasteiger partial charge >= 0.3 is 0 Å². The van der Waals surface area contributed by atoms with Crippen LogP contribution in [0.4, 0.5) is 0 Å². The molecule has 1 atom stereocenters. The maximum Gasteiger partial charge on any atom is 0.253 e. The van der Waals surface area contributed by atoms with Crippen molar-refractivity contribution in [2.45, 2.75) is 27.2 Å². The number of likely N-dealkylation sites (tertiary alicyclic amines) is 1. The van der Waals surface area contributed by atoms with E-state index < -0.39 is 0 Å². The third-order valence-corrected chi connectivity index (χ3v) is 3.79. The Labute approximate surface area is 108 Å². The summed E-state index contributed by atoms with van der Waals surface area (Å²) in [7, 11) is 0. The summed E-state index contributed by atoms with van der Waals surface area (Å²) < 4.78 is 0. The molecule has 1 amide bonds. The van der Waals surface area contributed by atoms with Gasteiger partial charge in [0.25, 0.3) is 5.91 Å². The SMILES string of the molecule is CC(C)(C)C1CCN(C(=O)c2cccc(O)c2)C1. The number of hydrogen-bond acceptors (Lipinski definition) is 2. The van der Waals surface area contributed by atoms with Crippen molar-refractivity contribution in [1.29, 1.82) is 0 Å². The van der Waals surface area contributed by atoms with Crippen molar-refractivity contribution in [1.82, 2.24) is 4.90 Å². The Kier molecular flexibility index (Phi) is 3.33. The third kappa shape index (κ3) is 2.66. The van der Waals surface area contributed by atoms with E-state index in [9.17, 15) is 9.90 Å². The highest BCUT2D eigenvalue weighted by molar-refractivity contribution is 5.94. The molecule has 0 aliphatic carbocycles. The Balaban J connectivity index is 2.08. The van der Waals surface area contributed by atoms with E-state index in [0.717, 1.165) is 19.5 Å². The summed E-state index contributed by atoms with van der Waals surface area (Å²) in [6.45, 7) is 8.30. The van der Waals surface area contributed by atoms with Gasteiger partial charge in [0.2, 0.25) is 0 Å². The van der Waals surface area contributed by atoms with Gasteiger partial charge in [0.15, 0.2) is 0 Å². The van der Waals surface area contributed by atoms with Crippen LogP contribution in [0.2, 0.25) is 0 Å². The first-order valence-corrected chi connectivity index (χ1v) is 6.46. The van der Waals surface area contributed by atoms with Crippen LogP contribution in [0.5, 0.6) is 5.75 Å². The quantitative estimate of drug-likeness (QED) is 0.829. The Hall–Kier alpha value is -1.51. The van der Waals surface area contributed by atoms with E-state index in [2.05, 4.69) is 20.8 Å². The van der Waals surface area contributed by atoms with Gasteiger partial charge < -0.3 is 10.0 Å². The lowest BCUT2D eigenvalue weighted by atomic mass is 9.80. The Morgan fingerprint density at radius 1 is 1.39 bits per heavy atom. The van der Waals surface area contributed by atoms with Crippen molar-refractivity contribution in [3.05, 3.63) is 29.8 Å². The molecule has 3 heteroatoms. The number of rotatable bonds is 1. The highest BCUT2D eigenvalue weighted by Gasteiger charge is 2.34. The zero-order chi connectivity index (χ0) is 13.3. The summed E-state index contributed by atoms with van der Waals surface area (Å²) >= 11 is 0. The molecular formula is C15H21NO2. The molecule has 0 spiro atoms. The van der Waals surface area contributed by atoms with E-state index in [-0.39, 0.29) is 17.1 Å². The molecule has 0 aromatic heterocycles. The number of aromatic hydroxyl groups is 1. The molecule has 0 bridgehead atoms. The molecule has 0 saturated carbocycles. The average molecular weight is 247 g/mol. The van der Waals surface area contributed by atoms with Gasteiger partial charge in [-0.05, 0) is 36.0 Å². The van der Waals surface area contributed by atoms with Crippen molar-refractivity contribution < 1.29 is 9.90 Å². The van der Waals surface area contributed by atoms with Crippen LogP contribution < -0.4 is 0 Å². The van der Waals surface area contributed by atoms with Crippen molar-refractivity contribution in [3.63, 3.8) is 0 Å². The second-order valence-corrected chi connectivity index (χ2v) is 6.15. The van der Waals surface area contributed by atoms with Gasteiger partial charge in [-0.15, -0.1) is 0 Å². The number of carbonyl (C=O) groups excluding carboxylic acids is 1. The zero-order valence-corrected chi connectivity index (χ0v) is 11.3. The molecule has 1 aromatic rings. The normalized spacial score (nSPS) is 20.2. The molecule has 1 N–H and O–H groups in total. The lowest BCUT2D eigenvalue weighted by molar-refractivity contribution is 0.0776. The fourth-order valence-electron chi connectivity index (χ4n) is 2.47. The molecule has 98 valence electrons. The van der Waals surface area contributed by atoms with Crippen molar-refractivity contribution >= 4 is 5.91 Å². The summed E-state index contributed by atoms with van der Waals surface area (Å²) in [6, 6.07) is 6.58. The fraction of sp³-hybridized carbons (Fsp3) is 0.533. The first-order chi connectivity index (χ1) is 8.38. The number of nitrogens with zero attached hydrogens (tertiary/aromatic N) is 1. The monoisotopic (exact) mass is 247 g/mol. The van der Waals surface area contributed by atoms with Crippen LogP contribution in [0.3, 0.4) is 0 Å². The van der Waals surface area contributed by atoms with Crippen LogP contribution in [0.25, 0.3) is 0 Å². The zero-order valence-electron chi connectivity index (χ0n) is 11.3. The van der Waals surface area contributed by atoms with Gasteiger partial charge in [0.05, 0.1) is 0 Å². The van der Waals surface area contributed by atoms with Crippen molar-refractivity contribution in [2.75, 3.05) is 13.1 Å². The van der Waals surface area contributed by atoms with Gasteiger partial charge in [-0.25, -0.2) is 0 Å². The topological polar surface area (TPSA) is 40.5 Å². The Morgan fingerprint density at radius 2 is 2.11 bits per heavy atom. The summed E-state index contributed by atoms with van der Waals surface area (Å²) in [4.78, 5) is 14.2. The molecule has 2 rings (SSSR count). The molecular weight excluding hydrogens is 226 g/mol. The highest BCUT2D eigenvalue weighted by atomic mass is 16.3. The van der Waals surface area contributed by atoms with Crippen LogP contribution in [0, 0.1) is 11.3 Å². The number of carbonyl (C=O) groups is 1. The van der Waals surface area contributed by atoms with Gasteiger partial charge in [-0.1, -0.05) is 26.8 Å². The second kappa shape index (κ2) is 4.63. The van der Waals surface area contributed by atoms with Crippen LogP contribution >= 0.6 is 0 Å². The van der Waals surface area contributed by atoms with Crippen LogP contribution in [0.15, 0.2) is 24.3 Å². The second-order valence-electron chi connectivity index (χ2n) is 6.15. The number of amides is 1. The predicted molar refractivity (Wildman–Crippen MR) is 71.6 cm³/mol. The Bertz CT molecular complexity index is 448. The molecule has 18 heavy (non-hydrogen) atoms. The highest BCUT2D eigenvalue weighted by Crippen LogP contribution is 2.34. The number of phenolic OH excluding ortho intramolecular Hbond substituents is 1. The maximum absolute atomic E-state index is 12.3. The van der Waals surface area contributed by atoms with Crippen LogP contribution in [-0.2, 0) is 0 Å². The van der Waals surface area contributed by atoms with Gasteiger partial charge in [-0.3, -0.25) is 4.79 Å². The molecule has 1 aromatic carbocycles.